The lowest BCUT2D eigenvalue weighted by Gasteiger charge is -2.10. The highest BCUT2D eigenvalue weighted by Crippen LogP contribution is 2.26. The largest absolute Gasteiger partial charge is 0.419 e. The fraction of sp³-hybridized carbons (Fsp3) is 0.429. The minimum atomic E-state index is 0.221. The van der Waals surface area contributed by atoms with Crippen molar-refractivity contribution in [3.63, 3.8) is 0 Å². The van der Waals surface area contributed by atoms with E-state index in [1.165, 1.54) is 0 Å². The zero-order valence-corrected chi connectivity index (χ0v) is 12.9. The molecule has 2 N–H and O–H groups in total. The lowest BCUT2D eigenvalue weighted by molar-refractivity contribution is 0.275. The van der Waals surface area contributed by atoms with Crippen LogP contribution in [0, 0.1) is 0 Å². The number of halogens is 1. The molecule has 0 spiro atoms. The van der Waals surface area contributed by atoms with Crippen molar-refractivity contribution in [2.24, 2.45) is 0 Å². The Balaban J connectivity index is 1.94. The molecule has 5 nitrogen and oxygen atoms in total. The van der Waals surface area contributed by atoms with Gasteiger partial charge in [-0.1, -0.05) is 12.1 Å². The van der Waals surface area contributed by atoms with Gasteiger partial charge in [-0.2, -0.15) is 0 Å². The Morgan fingerprint density at radius 3 is 2.90 bits per heavy atom. The molecule has 0 aliphatic rings. The van der Waals surface area contributed by atoms with Crippen LogP contribution in [0.5, 0.6) is 0 Å². The van der Waals surface area contributed by atoms with E-state index in [0.29, 0.717) is 24.4 Å². The number of hydrogen-bond acceptors (Lipinski definition) is 5. The standard InChI is InChI=1S/C14H18BrN3O2/c1-10(5-4-8-19)16-9-13-17-18-14(20-13)11-6-2-3-7-12(11)15/h2-3,6-7,10,16,19H,4-5,8-9H2,1H3. The molecule has 0 bridgehead atoms. The van der Waals surface area contributed by atoms with Crippen LogP contribution in [0.1, 0.15) is 25.7 Å². The van der Waals surface area contributed by atoms with E-state index in [2.05, 4.69) is 38.4 Å². The normalized spacial score (nSPS) is 12.6. The Bertz CT molecular complexity index is 545. The van der Waals surface area contributed by atoms with Gasteiger partial charge >= 0.3 is 0 Å². The summed E-state index contributed by atoms with van der Waals surface area (Å²) in [4.78, 5) is 0. The van der Waals surface area contributed by atoms with Gasteiger partial charge in [0.25, 0.3) is 0 Å². The van der Waals surface area contributed by atoms with Gasteiger partial charge in [0, 0.05) is 17.1 Å². The molecule has 0 aliphatic heterocycles. The fourth-order valence-corrected chi connectivity index (χ4v) is 2.28. The molecule has 0 saturated carbocycles. The number of hydrogen-bond donors (Lipinski definition) is 2. The van der Waals surface area contributed by atoms with Crippen molar-refractivity contribution < 1.29 is 9.52 Å². The van der Waals surface area contributed by atoms with Gasteiger partial charge in [0.15, 0.2) is 0 Å². The van der Waals surface area contributed by atoms with Crippen molar-refractivity contribution in [3.8, 4) is 11.5 Å². The Kier molecular flexibility index (Phi) is 5.70. The van der Waals surface area contributed by atoms with E-state index >= 15 is 0 Å². The third-order valence-electron chi connectivity index (χ3n) is 2.97. The second-order valence-corrected chi connectivity index (χ2v) is 5.48. The molecule has 0 amide bonds. The van der Waals surface area contributed by atoms with E-state index < -0.39 is 0 Å². The molecule has 1 aromatic heterocycles. The third-order valence-corrected chi connectivity index (χ3v) is 3.66. The lowest BCUT2D eigenvalue weighted by Crippen LogP contribution is -2.25. The quantitative estimate of drug-likeness (QED) is 0.811. The summed E-state index contributed by atoms with van der Waals surface area (Å²) < 4.78 is 6.57. The summed E-state index contributed by atoms with van der Waals surface area (Å²) in [6.07, 6.45) is 1.71. The lowest BCUT2D eigenvalue weighted by atomic mass is 10.2. The number of nitrogens with zero attached hydrogens (tertiary/aromatic N) is 2. The first-order valence-corrected chi connectivity index (χ1v) is 7.41. The average molecular weight is 340 g/mol. The monoisotopic (exact) mass is 339 g/mol. The van der Waals surface area contributed by atoms with Gasteiger partial charge in [-0.25, -0.2) is 0 Å². The van der Waals surface area contributed by atoms with Crippen molar-refractivity contribution in [2.75, 3.05) is 6.61 Å². The molecular weight excluding hydrogens is 322 g/mol. The van der Waals surface area contributed by atoms with E-state index in [0.717, 1.165) is 22.9 Å². The highest BCUT2D eigenvalue weighted by Gasteiger charge is 2.11. The predicted octanol–water partition coefficient (Wildman–Crippen LogP) is 2.75. The summed E-state index contributed by atoms with van der Waals surface area (Å²) in [5, 5.41) is 20.2. The van der Waals surface area contributed by atoms with Gasteiger partial charge in [0.05, 0.1) is 12.1 Å². The van der Waals surface area contributed by atoms with Crippen LogP contribution in [0.25, 0.3) is 11.5 Å². The first kappa shape index (κ1) is 15.2. The molecule has 0 aliphatic carbocycles. The van der Waals surface area contributed by atoms with Crippen LogP contribution in [-0.4, -0.2) is 28.0 Å². The second-order valence-electron chi connectivity index (χ2n) is 4.63. The summed E-state index contributed by atoms with van der Waals surface area (Å²) >= 11 is 3.47. The summed E-state index contributed by atoms with van der Waals surface area (Å²) in [5.41, 5.74) is 0.888. The molecule has 1 unspecified atom stereocenters. The third kappa shape index (κ3) is 4.13. The van der Waals surface area contributed by atoms with Gasteiger partial charge < -0.3 is 14.8 Å². The van der Waals surface area contributed by atoms with E-state index in [1.807, 2.05) is 24.3 Å². The van der Waals surface area contributed by atoms with Crippen LogP contribution < -0.4 is 5.32 Å². The maximum atomic E-state index is 8.78. The van der Waals surface area contributed by atoms with Crippen molar-refractivity contribution >= 4 is 15.9 Å². The van der Waals surface area contributed by atoms with E-state index in [9.17, 15) is 0 Å². The highest BCUT2D eigenvalue weighted by atomic mass is 79.9. The maximum Gasteiger partial charge on any atom is 0.248 e. The SMILES string of the molecule is CC(CCCO)NCc1nnc(-c2ccccc2Br)o1. The van der Waals surface area contributed by atoms with Crippen molar-refractivity contribution in [3.05, 3.63) is 34.6 Å². The molecule has 108 valence electrons. The molecule has 0 radical (unpaired) electrons. The first-order chi connectivity index (χ1) is 9.70. The van der Waals surface area contributed by atoms with Crippen LogP contribution in [0.3, 0.4) is 0 Å². The Labute approximate surface area is 126 Å². The summed E-state index contributed by atoms with van der Waals surface area (Å²) in [7, 11) is 0. The van der Waals surface area contributed by atoms with Crippen LogP contribution >= 0.6 is 15.9 Å². The van der Waals surface area contributed by atoms with Gasteiger partial charge in [0.1, 0.15) is 0 Å². The van der Waals surface area contributed by atoms with Crippen LogP contribution in [-0.2, 0) is 6.54 Å². The Morgan fingerprint density at radius 2 is 2.15 bits per heavy atom. The molecule has 0 fully saturated rings. The summed E-state index contributed by atoms with van der Waals surface area (Å²) in [5.74, 6) is 1.07. The highest BCUT2D eigenvalue weighted by molar-refractivity contribution is 9.10. The number of aromatic nitrogens is 2. The molecule has 6 heteroatoms. The molecule has 1 aromatic carbocycles. The fourth-order valence-electron chi connectivity index (χ4n) is 1.83. The van der Waals surface area contributed by atoms with Crippen LogP contribution in [0.15, 0.2) is 33.2 Å². The molecule has 2 aromatic rings. The van der Waals surface area contributed by atoms with E-state index in [4.69, 9.17) is 9.52 Å². The summed E-state index contributed by atoms with van der Waals surface area (Å²) in [6, 6.07) is 8.04. The first-order valence-electron chi connectivity index (χ1n) is 6.62. The number of nitrogens with one attached hydrogen (secondary N) is 1. The minimum Gasteiger partial charge on any atom is -0.419 e. The molecule has 0 saturated heterocycles. The predicted molar refractivity (Wildman–Crippen MR) is 80.1 cm³/mol. The van der Waals surface area contributed by atoms with Gasteiger partial charge in [0.2, 0.25) is 11.8 Å². The molecule has 1 atom stereocenters. The van der Waals surface area contributed by atoms with Crippen LogP contribution in [0.4, 0.5) is 0 Å². The molecule has 1 heterocycles. The molecular formula is C14H18BrN3O2. The zero-order valence-electron chi connectivity index (χ0n) is 11.3. The molecule has 20 heavy (non-hydrogen) atoms. The average Bonchev–Trinajstić information content (AvgIpc) is 2.92. The Morgan fingerprint density at radius 1 is 1.35 bits per heavy atom. The minimum absolute atomic E-state index is 0.221. The smallest absolute Gasteiger partial charge is 0.248 e. The van der Waals surface area contributed by atoms with Gasteiger partial charge in [-0.05, 0) is 47.8 Å². The number of aliphatic hydroxyl groups excluding tert-OH is 1. The van der Waals surface area contributed by atoms with Crippen LogP contribution in [0.2, 0.25) is 0 Å². The Hall–Kier alpha value is -1.24. The second kappa shape index (κ2) is 7.52. The topological polar surface area (TPSA) is 71.2 Å². The molecule has 2 rings (SSSR count). The number of benzene rings is 1. The van der Waals surface area contributed by atoms with Crippen molar-refractivity contribution in [1.82, 2.24) is 15.5 Å². The van der Waals surface area contributed by atoms with E-state index in [1.54, 1.807) is 0 Å². The van der Waals surface area contributed by atoms with Crippen molar-refractivity contribution in [2.45, 2.75) is 32.4 Å². The van der Waals surface area contributed by atoms with Crippen molar-refractivity contribution in [1.29, 1.82) is 0 Å². The van der Waals surface area contributed by atoms with E-state index in [-0.39, 0.29) is 6.61 Å². The maximum absolute atomic E-state index is 8.78. The zero-order chi connectivity index (χ0) is 14.4. The van der Waals surface area contributed by atoms with Gasteiger partial charge in [-0.3, -0.25) is 0 Å². The number of aliphatic hydroxyl groups is 1. The summed E-state index contributed by atoms with van der Waals surface area (Å²) in [6.45, 7) is 2.82. The van der Waals surface area contributed by atoms with Gasteiger partial charge in [-0.15, -0.1) is 10.2 Å². The number of rotatable bonds is 7.